The number of rotatable bonds is 3. The van der Waals surface area contributed by atoms with Gasteiger partial charge >= 0.3 is 0 Å². The van der Waals surface area contributed by atoms with E-state index in [9.17, 15) is 4.39 Å². The molecule has 0 aromatic heterocycles. The monoisotopic (exact) mass is 282 g/mol. The van der Waals surface area contributed by atoms with E-state index in [2.05, 4.69) is 18.7 Å². The molecule has 1 saturated heterocycles. The molecule has 0 spiro atoms. The predicted octanol–water partition coefficient (Wildman–Crippen LogP) is 3.05. The average Bonchev–Trinajstić information content (AvgIpc) is 2.33. The summed E-state index contributed by atoms with van der Waals surface area (Å²) < 4.78 is 14.3. The van der Waals surface area contributed by atoms with Crippen LogP contribution in [-0.4, -0.2) is 29.6 Å². The zero-order chi connectivity index (χ0) is 14.0. The Balaban J connectivity index is 2.20. The van der Waals surface area contributed by atoms with Crippen molar-refractivity contribution < 1.29 is 4.39 Å². The first-order chi connectivity index (χ1) is 8.99. The van der Waals surface area contributed by atoms with E-state index in [1.165, 1.54) is 0 Å². The summed E-state index contributed by atoms with van der Waals surface area (Å²) in [4.78, 5) is 2.19. The van der Waals surface area contributed by atoms with Gasteiger partial charge in [-0.1, -0.05) is 13.0 Å². The first-order valence-electron chi connectivity index (χ1n) is 6.91. The fraction of sp³-hybridized carbons (Fsp3) is 0.600. The molecule has 4 heteroatoms. The van der Waals surface area contributed by atoms with E-state index in [4.69, 9.17) is 5.73 Å². The molecular weight excluding hydrogens is 259 g/mol. The molecule has 106 valence electrons. The normalized spacial score (nSPS) is 25.4. The molecule has 1 fully saturated rings. The Morgan fingerprint density at radius 1 is 1.47 bits per heavy atom. The van der Waals surface area contributed by atoms with Crippen LogP contribution in [0, 0.1) is 5.82 Å². The molecule has 0 bridgehead atoms. The van der Waals surface area contributed by atoms with Crippen LogP contribution >= 0.6 is 11.8 Å². The lowest BCUT2D eigenvalue weighted by Crippen LogP contribution is -2.45. The molecule has 1 aromatic rings. The molecule has 3 atom stereocenters. The molecule has 0 amide bonds. The van der Waals surface area contributed by atoms with E-state index in [1.807, 2.05) is 30.8 Å². The van der Waals surface area contributed by atoms with Crippen LogP contribution < -0.4 is 10.6 Å². The number of benzene rings is 1. The molecule has 0 radical (unpaired) electrons. The predicted molar refractivity (Wildman–Crippen MR) is 82.5 cm³/mol. The topological polar surface area (TPSA) is 29.3 Å². The number of hydrogen-bond donors (Lipinski definition) is 1. The van der Waals surface area contributed by atoms with Crippen molar-refractivity contribution in [1.82, 2.24) is 0 Å². The Morgan fingerprint density at radius 2 is 2.21 bits per heavy atom. The summed E-state index contributed by atoms with van der Waals surface area (Å²) in [5.74, 6) is 0.941. The van der Waals surface area contributed by atoms with E-state index >= 15 is 0 Å². The second-order valence-electron chi connectivity index (χ2n) is 5.48. The summed E-state index contributed by atoms with van der Waals surface area (Å²) in [5, 5.41) is 0.539. The van der Waals surface area contributed by atoms with Crippen molar-refractivity contribution in [2.75, 3.05) is 17.2 Å². The lowest BCUT2D eigenvalue weighted by molar-refractivity contribution is 0.580. The van der Waals surface area contributed by atoms with Crippen LogP contribution in [0.3, 0.4) is 0 Å². The molecule has 0 aliphatic carbocycles. The Bertz CT molecular complexity index is 436. The Kier molecular flexibility index (Phi) is 4.74. The zero-order valence-corrected chi connectivity index (χ0v) is 12.7. The largest absolute Gasteiger partial charge is 0.365 e. The first kappa shape index (κ1) is 14.7. The Labute approximate surface area is 119 Å². The minimum atomic E-state index is -0.121. The fourth-order valence-electron chi connectivity index (χ4n) is 2.56. The molecule has 1 aliphatic heterocycles. The van der Waals surface area contributed by atoms with E-state index in [1.54, 1.807) is 6.07 Å². The van der Waals surface area contributed by atoms with Gasteiger partial charge in [0.2, 0.25) is 0 Å². The molecule has 19 heavy (non-hydrogen) atoms. The smallest absolute Gasteiger partial charge is 0.146 e. The summed E-state index contributed by atoms with van der Waals surface area (Å²) in [6.45, 7) is 7.24. The fourth-order valence-corrected chi connectivity index (χ4v) is 3.65. The minimum Gasteiger partial charge on any atom is -0.365 e. The third kappa shape index (κ3) is 3.42. The summed E-state index contributed by atoms with van der Waals surface area (Å²) in [7, 11) is 0. The second kappa shape index (κ2) is 6.14. The van der Waals surface area contributed by atoms with Crippen LogP contribution in [0.25, 0.3) is 0 Å². The molecule has 1 heterocycles. The maximum atomic E-state index is 14.3. The highest BCUT2D eigenvalue weighted by atomic mass is 32.2. The van der Waals surface area contributed by atoms with Gasteiger partial charge in [-0.2, -0.15) is 11.8 Å². The summed E-state index contributed by atoms with van der Waals surface area (Å²) in [6.07, 6.45) is 0.721. The molecule has 2 nitrogen and oxygen atoms in total. The third-order valence-corrected chi connectivity index (χ3v) is 5.10. The number of nitrogens with two attached hydrogens (primary N) is 1. The van der Waals surface area contributed by atoms with Crippen LogP contribution in [0.2, 0.25) is 0 Å². The lowest BCUT2D eigenvalue weighted by Gasteiger charge is -2.39. The van der Waals surface area contributed by atoms with E-state index in [0.29, 0.717) is 11.3 Å². The first-order valence-corrected chi connectivity index (χ1v) is 7.96. The zero-order valence-electron chi connectivity index (χ0n) is 11.9. The van der Waals surface area contributed by atoms with Gasteiger partial charge in [0.15, 0.2) is 0 Å². The number of nitrogens with zero attached hydrogens (tertiary/aromatic N) is 1. The quantitative estimate of drug-likeness (QED) is 0.924. The van der Waals surface area contributed by atoms with Crippen molar-refractivity contribution in [1.29, 1.82) is 0 Å². The molecule has 1 aliphatic rings. The number of thioether (sulfide) groups is 1. The molecule has 0 saturated carbocycles. The van der Waals surface area contributed by atoms with Gasteiger partial charge in [-0.25, -0.2) is 4.39 Å². The van der Waals surface area contributed by atoms with Crippen molar-refractivity contribution >= 4 is 17.4 Å². The van der Waals surface area contributed by atoms with Crippen LogP contribution in [0.5, 0.6) is 0 Å². The minimum absolute atomic E-state index is 0.0654. The van der Waals surface area contributed by atoms with Crippen LogP contribution in [-0.2, 0) is 6.42 Å². The van der Waals surface area contributed by atoms with Gasteiger partial charge in [0.1, 0.15) is 5.82 Å². The Hall–Kier alpha value is -0.740. The van der Waals surface area contributed by atoms with Gasteiger partial charge in [-0.3, -0.25) is 0 Å². The van der Waals surface area contributed by atoms with Crippen LogP contribution in [0.1, 0.15) is 26.3 Å². The number of anilines is 1. The Morgan fingerprint density at radius 3 is 2.84 bits per heavy atom. The van der Waals surface area contributed by atoms with E-state index in [0.717, 1.165) is 30.0 Å². The highest BCUT2D eigenvalue weighted by molar-refractivity contribution is 8.00. The van der Waals surface area contributed by atoms with Gasteiger partial charge in [0.25, 0.3) is 0 Å². The van der Waals surface area contributed by atoms with Crippen LogP contribution in [0.15, 0.2) is 18.2 Å². The van der Waals surface area contributed by atoms with Crippen molar-refractivity contribution in [2.45, 2.75) is 44.5 Å². The van der Waals surface area contributed by atoms with Gasteiger partial charge in [0, 0.05) is 29.6 Å². The molecule has 3 unspecified atom stereocenters. The molecule has 2 rings (SSSR count). The van der Waals surface area contributed by atoms with Gasteiger partial charge in [0.05, 0.1) is 5.69 Å². The summed E-state index contributed by atoms with van der Waals surface area (Å²) in [5.41, 5.74) is 7.47. The maximum Gasteiger partial charge on any atom is 0.146 e. The lowest BCUT2D eigenvalue weighted by atomic mass is 10.1. The van der Waals surface area contributed by atoms with E-state index < -0.39 is 0 Å². The van der Waals surface area contributed by atoms with Crippen molar-refractivity contribution in [3.05, 3.63) is 29.6 Å². The molecular formula is C15H23FN2S. The average molecular weight is 282 g/mol. The van der Waals surface area contributed by atoms with E-state index in [-0.39, 0.29) is 11.9 Å². The number of hydrogen-bond acceptors (Lipinski definition) is 3. The van der Waals surface area contributed by atoms with Crippen molar-refractivity contribution in [2.24, 2.45) is 5.73 Å². The molecule has 2 N–H and O–H groups in total. The van der Waals surface area contributed by atoms with Crippen molar-refractivity contribution in [3.8, 4) is 0 Å². The molecule has 1 aromatic carbocycles. The van der Waals surface area contributed by atoms with Crippen LogP contribution in [0.4, 0.5) is 10.1 Å². The maximum absolute atomic E-state index is 14.3. The third-order valence-electron chi connectivity index (χ3n) is 3.76. The highest BCUT2D eigenvalue weighted by Crippen LogP contribution is 2.31. The summed E-state index contributed by atoms with van der Waals surface area (Å²) >= 11 is 1.96. The summed E-state index contributed by atoms with van der Waals surface area (Å²) in [6, 6.07) is 5.98. The van der Waals surface area contributed by atoms with Gasteiger partial charge in [-0.05, 0) is 38.0 Å². The van der Waals surface area contributed by atoms with Gasteiger partial charge in [-0.15, -0.1) is 0 Å². The van der Waals surface area contributed by atoms with Crippen molar-refractivity contribution in [3.63, 3.8) is 0 Å². The van der Waals surface area contributed by atoms with Gasteiger partial charge < -0.3 is 10.6 Å². The highest BCUT2D eigenvalue weighted by Gasteiger charge is 2.27. The SMILES string of the molecule is CC(N)Cc1ccc(N2CCSC(C)C2C)c(F)c1. The number of halogens is 1. The standard InChI is InChI=1S/C15H23FN2S/c1-10(17)8-13-4-5-15(14(16)9-13)18-6-7-19-12(3)11(18)2/h4-5,9-12H,6-8,17H2,1-3H3. The second-order valence-corrected chi connectivity index (χ2v) is 6.96.